The largest absolute Gasteiger partial charge is 0.493 e. The number of aliphatic imine (C=N–C) groups is 1. The molecule has 26 heavy (non-hydrogen) atoms. The lowest BCUT2D eigenvalue weighted by Crippen LogP contribution is -2.05. The number of carbonyl (C=O) groups is 1. The highest BCUT2D eigenvalue weighted by Gasteiger charge is 2.24. The monoisotopic (exact) mass is 351 g/mol. The van der Waals surface area contributed by atoms with E-state index in [0.717, 1.165) is 24.0 Å². The quantitative estimate of drug-likeness (QED) is 0.426. The molecule has 5 nitrogen and oxygen atoms in total. The van der Waals surface area contributed by atoms with Crippen molar-refractivity contribution in [1.82, 2.24) is 0 Å². The van der Waals surface area contributed by atoms with Crippen molar-refractivity contribution < 1.29 is 19.0 Å². The van der Waals surface area contributed by atoms with Crippen molar-refractivity contribution in [3.8, 4) is 11.5 Å². The van der Waals surface area contributed by atoms with Gasteiger partial charge in [-0.15, -0.1) is 0 Å². The normalized spacial score (nSPS) is 14.9. The number of rotatable bonds is 7. The van der Waals surface area contributed by atoms with Crippen LogP contribution in [-0.4, -0.2) is 25.6 Å². The molecule has 0 unspecified atom stereocenters. The molecular weight excluding hydrogens is 330 g/mol. The number of unbranched alkanes of at least 4 members (excludes halogenated alkanes) is 1. The summed E-state index contributed by atoms with van der Waals surface area (Å²) >= 11 is 0. The summed E-state index contributed by atoms with van der Waals surface area (Å²) in [4.78, 5) is 16.4. The number of cyclic esters (lactones) is 1. The van der Waals surface area contributed by atoms with Crippen LogP contribution in [-0.2, 0) is 9.53 Å². The standard InChI is InChI=1S/C21H21NO4/c1-3-4-12-25-19-14-15(10-11-18(19)24-2)13-17-21(23)26-20(22-17)16-8-6-5-7-9-16/h5-11,13-14H,3-4,12H2,1-2H3/b17-13-. The molecule has 0 amide bonds. The number of hydrogen-bond acceptors (Lipinski definition) is 5. The van der Waals surface area contributed by atoms with E-state index in [2.05, 4.69) is 11.9 Å². The van der Waals surface area contributed by atoms with Crippen LogP contribution < -0.4 is 9.47 Å². The highest BCUT2D eigenvalue weighted by atomic mass is 16.6. The van der Waals surface area contributed by atoms with Crippen LogP contribution in [0.3, 0.4) is 0 Å². The van der Waals surface area contributed by atoms with Crippen LogP contribution in [0.15, 0.2) is 59.2 Å². The summed E-state index contributed by atoms with van der Waals surface area (Å²) < 4.78 is 16.4. The van der Waals surface area contributed by atoms with Crippen molar-refractivity contribution in [3.63, 3.8) is 0 Å². The van der Waals surface area contributed by atoms with Crippen LogP contribution in [0.25, 0.3) is 6.08 Å². The zero-order valence-electron chi connectivity index (χ0n) is 14.9. The Kier molecular flexibility index (Phi) is 5.69. The summed E-state index contributed by atoms with van der Waals surface area (Å²) in [5.41, 5.74) is 1.82. The maximum Gasteiger partial charge on any atom is 0.363 e. The minimum Gasteiger partial charge on any atom is -0.493 e. The Balaban J connectivity index is 1.85. The third-order valence-electron chi connectivity index (χ3n) is 3.89. The molecule has 2 aromatic rings. The summed E-state index contributed by atoms with van der Waals surface area (Å²) in [5.74, 6) is 1.16. The molecule has 0 spiro atoms. The second-order valence-corrected chi connectivity index (χ2v) is 5.81. The van der Waals surface area contributed by atoms with Gasteiger partial charge in [0.2, 0.25) is 5.90 Å². The van der Waals surface area contributed by atoms with E-state index in [1.165, 1.54) is 0 Å². The van der Waals surface area contributed by atoms with E-state index in [-0.39, 0.29) is 5.70 Å². The van der Waals surface area contributed by atoms with E-state index in [9.17, 15) is 4.79 Å². The van der Waals surface area contributed by atoms with Gasteiger partial charge in [-0.3, -0.25) is 0 Å². The van der Waals surface area contributed by atoms with Crippen molar-refractivity contribution >= 4 is 17.9 Å². The second kappa shape index (κ2) is 8.34. The van der Waals surface area contributed by atoms with Gasteiger partial charge in [-0.1, -0.05) is 37.6 Å². The molecule has 134 valence electrons. The van der Waals surface area contributed by atoms with Gasteiger partial charge in [0.15, 0.2) is 17.2 Å². The average molecular weight is 351 g/mol. The maximum atomic E-state index is 12.1. The maximum absolute atomic E-state index is 12.1. The molecule has 0 saturated carbocycles. The summed E-state index contributed by atoms with van der Waals surface area (Å²) in [7, 11) is 1.60. The van der Waals surface area contributed by atoms with Crippen LogP contribution in [0.4, 0.5) is 0 Å². The molecule has 0 aromatic heterocycles. The van der Waals surface area contributed by atoms with E-state index < -0.39 is 5.97 Å². The first-order valence-electron chi connectivity index (χ1n) is 8.60. The fourth-order valence-corrected chi connectivity index (χ4v) is 2.49. The molecule has 1 heterocycles. The van der Waals surface area contributed by atoms with Crippen molar-refractivity contribution in [2.24, 2.45) is 4.99 Å². The molecule has 3 rings (SSSR count). The SMILES string of the molecule is CCCCOc1cc(/C=C2\N=C(c3ccccc3)OC2=O)ccc1OC. The van der Waals surface area contributed by atoms with Gasteiger partial charge in [0.05, 0.1) is 13.7 Å². The Hall–Kier alpha value is -3.08. The van der Waals surface area contributed by atoms with Crippen LogP contribution in [0, 0.1) is 0 Å². The number of nitrogens with zero attached hydrogens (tertiary/aromatic N) is 1. The zero-order valence-corrected chi connectivity index (χ0v) is 14.9. The fourth-order valence-electron chi connectivity index (χ4n) is 2.49. The molecule has 0 bridgehead atoms. The molecule has 1 aliphatic heterocycles. The minimum absolute atomic E-state index is 0.258. The molecule has 0 atom stereocenters. The molecule has 0 N–H and O–H groups in total. The number of benzene rings is 2. The molecule has 0 aliphatic carbocycles. The van der Waals surface area contributed by atoms with Crippen LogP contribution in [0.1, 0.15) is 30.9 Å². The Morgan fingerprint density at radius 1 is 1.12 bits per heavy atom. The summed E-state index contributed by atoms with van der Waals surface area (Å²) in [6, 6.07) is 14.8. The van der Waals surface area contributed by atoms with Crippen molar-refractivity contribution in [3.05, 3.63) is 65.4 Å². The molecule has 0 saturated heterocycles. The van der Waals surface area contributed by atoms with E-state index in [1.807, 2.05) is 48.5 Å². The molecule has 0 fully saturated rings. The number of esters is 1. The van der Waals surface area contributed by atoms with E-state index in [4.69, 9.17) is 14.2 Å². The Bertz CT molecular complexity index is 840. The van der Waals surface area contributed by atoms with Crippen molar-refractivity contribution in [1.29, 1.82) is 0 Å². The van der Waals surface area contributed by atoms with Gasteiger partial charge in [-0.05, 0) is 42.3 Å². The zero-order chi connectivity index (χ0) is 18.4. The predicted molar refractivity (Wildman–Crippen MR) is 100 cm³/mol. The third kappa shape index (κ3) is 4.11. The van der Waals surface area contributed by atoms with E-state index in [1.54, 1.807) is 13.2 Å². The topological polar surface area (TPSA) is 57.1 Å². The van der Waals surface area contributed by atoms with Gasteiger partial charge >= 0.3 is 5.97 Å². The summed E-state index contributed by atoms with van der Waals surface area (Å²) in [6.07, 6.45) is 3.70. The van der Waals surface area contributed by atoms with Crippen LogP contribution in [0.2, 0.25) is 0 Å². The van der Waals surface area contributed by atoms with Crippen LogP contribution in [0.5, 0.6) is 11.5 Å². The second-order valence-electron chi connectivity index (χ2n) is 5.81. The summed E-state index contributed by atoms with van der Waals surface area (Å²) in [5, 5.41) is 0. The van der Waals surface area contributed by atoms with Gasteiger partial charge < -0.3 is 14.2 Å². The first kappa shape index (κ1) is 17.7. The van der Waals surface area contributed by atoms with Gasteiger partial charge in [-0.25, -0.2) is 9.79 Å². The first-order valence-corrected chi connectivity index (χ1v) is 8.60. The number of carbonyl (C=O) groups excluding carboxylic acids is 1. The number of ether oxygens (including phenoxy) is 3. The van der Waals surface area contributed by atoms with Crippen molar-refractivity contribution in [2.45, 2.75) is 19.8 Å². The number of hydrogen-bond donors (Lipinski definition) is 0. The fraction of sp³-hybridized carbons (Fsp3) is 0.238. The van der Waals surface area contributed by atoms with Gasteiger partial charge in [-0.2, -0.15) is 0 Å². The predicted octanol–water partition coefficient (Wildman–Crippen LogP) is 4.22. The Morgan fingerprint density at radius 2 is 1.92 bits per heavy atom. The molecule has 5 heteroatoms. The lowest BCUT2D eigenvalue weighted by molar-refractivity contribution is -0.129. The van der Waals surface area contributed by atoms with E-state index in [0.29, 0.717) is 24.0 Å². The molecule has 0 radical (unpaired) electrons. The average Bonchev–Trinajstić information content (AvgIpc) is 3.03. The number of methoxy groups -OCH3 is 1. The summed E-state index contributed by atoms with van der Waals surface area (Å²) in [6.45, 7) is 2.72. The van der Waals surface area contributed by atoms with E-state index >= 15 is 0 Å². The highest BCUT2D eigenvalue weighted by Crippen LogP contribution is 2.30. The Labute approximate surface area is 152 Å². The van der Waals surface area contributed by atoms with Gasteiger partial charge in [0.25, 0.3) is 0 Å². The lowest BCUT2D eigenvalue weighted by atomic mass is 10.1. The molecular formula is C21H21NO4. The molecule has 1 aliphatic rings. The third-order valence-corrected chi connectivity index (χ3v) is 3.89. The van der Waals surface area contributed by atoms with Crippen molar-refractivity contribution in [2.75, 3.05) is 13.7 Å². The Morgan fingerprint density at radius 3 is 2.65 bits per heavy atom. The first-order chi connectivity index (χ1) is 12.7. The smallest absolute Gasteiger partial charge is 0.363 e. The lowest BCUT2D eigenvalue weighted by Gasteiger charge is -2.11. The highest BCUT2D eigenvalue weighted by molar-refractivity contribution is 6.12. The molecule has 2 aromatic carbocycles. The van der Waals surface area contributed by atoms with Crippen LogP contribution >= 0.6 is 0 Å². The minimum atomic E-state index is -0.465. The van der Waals surface area contributed by atoms with Gasteiger partial charge in [0, 0.05) is 5.56 Å². The van der Waals surface area contributed by atoms with Gasteiger partial charge in [0.1, 0.15) is 0 Å².